The summed E-state index contributed by atoms with van der Waals surface area (Å²) in [6, 6.07) is 9.27. The van der Waals surface area contributed by atoms with Gasteiger partial charge in [-0.25, -0.2) is 9.18 Å². The van der Waals surface area contributed by atoms with Crippen molar-refractivity contribution in [3.63, 3.8) is 0 Å². The molecule has 108 valence electrons. The monoisotopic (exact) mass is 288 g/mol. The van der Waals surface area contributed by atoms with Crippen LogP contribution >= 0.6 is 0 Å². The Morgan fingerprint density at radius 3 is 2.33 bits per heavy atom. The molecule has 0 heterocycles. The van der Waals surface area contributed by atoms with Crippen molar-refractivity contribution in [2.45, 2.75) is 0 Å². The molecule has 5 nitrogen and oxygen atoms in total. The Morgan fingerprint density at radius 2 is 1.76 bits per heavy atom. The van der Waals surface area contributed by atoms with Crippen LogP contribution in [-0.2, 0) is 0 Å². The zero-order valence-corrected chi connectivity index (χ0v) is 11.2. The molecule has 0 aliphatic carbocycles. The molecule has 0 aliphatic heterocycles. The zero-order valence-electron chi connectivity index (χ0n) is 11.2. The van der Waals surface area contributed by atoms with Crippen LogP contribution in [0.4, 0.5) is 15.8 Å². The molecule has 0 unspecified atom stereocenters. The van der Waals surface area contributed by atoms with E-state index < -0.39 is 17.7 Å². The van der Waals surface area contributed by atoms with E-state index in [1.165, 1.54) is 54.4 Å². The molecule has 21 heavy (non-hydrogen) atoms. The summed E-state index contributed by atoms with van der Waals surface area (Å²) in [4.78, 5) is 24.7. The highest BCUT2D eigenvalue weighted by Crippen LogP contribution is 2.24. The summed E-state index contributed by atoms with van der Waals surface area (Å²) in [5.74, 6) is -2.08. The van der Waals surface area contributed by atoms with E-state index >= 15 is 0 Å². The molecule has 2 rings (SSSR count). The fourth-order valence-electron chi connectivity index (χ4n) is 1.91. The fraction of sp³-hybridized carbons (Fsp3) is 0.0667. The predicted molar refractivity (Wildman–Crippen MR) is 76.9 cm³/mol. The third-order valence-corrected chi connectivity index (χ3v) is 3.01. The smallest absolute Gasteiger partial charge is 0.337 e. The van der Waals surface area contributed by atoms with Gasteiger partial charge in [-0.15, -0.1) is 0 Å². The van der Waals surface area contributed by atoms with E-state index in [1.54, 1.807) is 0 Å². The van der Waals surface area contributed by atoms with Gasteiger partial charge in [0.15, 0.2) is 0 Å². The van der Waals surface area contributed by atoms with Crippen molar-refractivity contribution >= 4 is 23.3 Å². The Hall–Kier alpha value is -2.89. The molecule has 0 aliphatic rings. The average molecular weight is 288 g/mol. The minimum absolute atomic E-state index is 0.0760. The summed E-state index contributed by atoms with van der Waals surface area (Å²) >= 11 is 0. The number of rotatable bonds is 3. The Bertz CT molecular complexity index is 699. The van der Waals surface area contributed by atoms with Gasteiger partial charge in [0.25, 0.3) is 5.91 Å². The van der Waals surface area contributed by atoms with Crippen molar-refractivity contribution in [1.29, 1.82) is 0 Å². The largest absolute Gasteiger partial charge is 0.478 e. The number of carboxylic acid groups (broad SMARTS) is 1. The molecule has 2 aromatic carbocycles. The van der Waals surface area contributed by atoms with Crippen LogP contribution < -0.4 is 10.6 Å². The highest BCUT2D eigenvalue weighted by atomic mass is 19.1. The molecule has 0 saturated heterocycles. The summed E-state index contributed by atoms with van der Waals surface area (Å²) in [6.07, 6.45) is 0. The molecule has 0 fully saturated rings. The van der Waals surface area contributed by atoms with Crippen LogP contribution in [0, 0.1) is 5.82 Å². The molecule has 0 saturated carbocycles. The maximum absolute atomic E-state index is 12.9. The first kappa shape index (κ1) is 14.5. The normalized spacial score (nSPS) is 10.2. The average Bonchev–Trinajstić information content (AvgIpc) is 2.46. The Labute approximate surface area is 120 Å². The van der Waals surface area contributed by atoms with Gasteiger partial charge in [0, 0.05) is 18.3 Å². The van der Waals surface area contributed by atoms with Gasteiger partial charge in [-0.3, -0.25) is 4.79 Å². The van der Waals surface area contributed by atoms with Crippen molar-refractivity contribution in [1.82, 2.24) is 0 Å². The van der Waals surface area contributed by atoms with Crippen LogP contribution in [-0.4, -0.2) is 24.0 Å². The van der Waals surface area contributed by atoms with Crippen LogP contribution in [0.1, 0.15) is 20.7 Å². The van der Waals surface area contributed by atoms with Crippen LogP contribution in [0.15, 0.2) is 42.5 Å². The first-order chi connectivity index (χ1) is 9.90. The molecule has 1 amide bonds. The molecule has 0 atom stereocenters. The Balaban J connectivity index is 2.40. The Morgan fingerprint density at radius 1 is 1.14 bits per heavy atom. The molecule has 2 aromatic rings. The van der Waals surface area contributed by atoms with Crippen molar-refractivity contribution < 1.29 is 19.1 Å². The van der Waals surface area contributed by atoms with Crippen molar-refractivity contribution in [2.24, 2.45) is 0 Å². The summed E-state index contributed by atoms with van der Waals surface area (Å²) < 4.78 is 12.9. The molecule has 0 aromatic heterocycles. The molecule has 0 spiro atoms. The van der Waals surface area contributed by atoms with E-state index in [1.807, 2.05) is 0 Å². The third-order valence-electron chi connectivity index (χ3n) is 3.01. The van der Waals surface area contributed by atoms with Crippen LogP contribution in [0.5, 0.6) is 0 Å². The number of carboxylic acids is 1. The number of amides is 1. The van der Waals surface area contributed by atoms with E-state index in [4.69, 9.17) is 5.73 Å². The van der Waals surface area contributed by atoms with E-state index in [-0.39, 0.29) is 16.8 Å². The first-order valence-corrected chi connectivity index (χ1v) is 6.06. The topological polar surface area (TPSA) is 83.6 Å². The van der Waals surface area contributed by atoms with Gasteiger partial charge in [-0.2, -0.15) is 0 Å². The minimum atomic E-state index is -1.18. The number of nitrogen functional groups attached to an aromatic ring is 1. The number of nitrogens with two attached hydrogens (primary N) is 1. The number of anilines is 2. The summed E-state index contributed by atoms with van der Waals surface area (Å²) in [7, 11) is 1.45. The van der Waals surface area contributed by atoms with E-state index in [2.05, 4.69) is 0 Å². The summed E-state index contributed by atoms with van der Waals surface area (Å²) in [5.41, 5.74) is 6.25. The first-order valence-electron chi connectivity index (χ1n) is 6.06. The minimum Gasteiger partial charge on any atom is -0.478 e. The molecular formula is C15H13FN2O3. The molecule has 6 heteroatoms. The quantitative estimate of drug-likeness (QED) is 0.849. The van der Waals surface area contributed by atoms with Gasteiger partial charge in [-0.05, 0) is 42.5 Å². The standard InChI is InChI=1S/C15H13FN2O3/c1-18(14(19)9-2-4-10(16)5-3-9)13-7-6-11(17)8-12(13)15(20)21/h2-8H,17H2,1H3,(H,20,21). The van der Waals surface area contributed by atoms with Gasteiger partial charge in [0.1, 0.15) is 5.82 Å². The van der Waals surface area contributed by atoms with Crippen LogP contribution in [0.3, 0.4) is 0 Å². The Kier molecular flexibility index (Phi) is 3.89. The second kappa shape index (κ2) is 5.62. The molecule has 0 bridgehead atoms. The number of benzene rings is 2. The van der Waals surface area contributed by atoms with Gasteiger partial charge in [-0.1, -0.05) is 0 Å². The second-order valence-corrected chi connectivity index (χ2v) is 4.45. The fourth-order valence-corrected chi connectivity index (χ4v) is 1.91. The zero-order chi connectivity index (χ0) is 15.6. The molecular weight excluding hydrogens is 275 g/mol. The van der Waals surface area contributed by atoms with Gasteiger partial charge in [0.05, 0.1) is 11.3 Å². The number of carbonyl (C=O) groups excluding carboxylic acids is 1. The predicted octanol–water partition coefficient (Wildman–Crippen LogP) is 2.38. The molecule has 3 N–H and O–H groups in total. The van der Waals surface area contributed by atoms with Crippen LogP contribution in [0.2, 0.25) is 0 Å². The third kappa shape index (κ3) is 3.00. The van der Waals surface area contributed by atoms with E-state index in [0.29, 0.717) is 5.69 Å². The number of hydrogen-bond donors (Lipinski definition) is 2. The van der Waals surface area contributed by atoms with Gasteiger partial charge >= 0.3 is 5.97 Å². The second-order valence-electron chi connectivity index (χ2n) is 4.45. The maximum Gasteiger partial charge on any atom is 0.337 e. The number of halogens is 1. The number of aromatic carboxylic acids is 1. The van der Waals surface area contributed by atoms with E-state index in [9.17, 15) is 19.1 Å². The van der Waals surface area contributed by atoms with Crippen LogP contribution in [0.25, 0.3) is 0 Å². The highest BCUT2D eigenvalue weighted by molar-refractivity contribution is 6.09. The van der Waals surface area contributed by atoms with Crippen molar-refractivity contribution in [3.8, 4) is 0 Å². The lowest BCUT2D eigenvalue weighted by molar-refractivity contribution is 0.0698. The molecule has 0 radical (unpaired) electrons. The number of hydrogen-bond acceptors (Lipinski definition) is 3. The number of nitrogens with zero attached hydrogens (tertiary/aromatic N) is 1. The van der Waals surface area contributed by atoms with Gasteiger partial charge in [0.2, 0.25) is 0 Å². The summed E-state index contributed by atoms with van der Waals surface area (Å²) in [6.45, 7) is 0. The highest BCUT2D eigenvalue weighted by Gasteiger charge is 2.19. The maximum atomic E-state index is 12.9. The summed E-state index contributed by atoms with van der Waals surface area (Å²) in [5, 5.41) is 9.18. The van der Waals surface area contributed by atoms with Crippen molar-refractivity contribution in [3.05, 3.63) is 59.4 Å². The number of carbonyl (C=O) groups is 2. The van der Waals surface area contributed by atoms with Gasteiger partial charge < -0.3 is 15.7 Å². The lowest BCUT2D eigenvalue weighted by Crippen LogP contribution is -2.28. The lowest BCUT2D eigenvalue weighted by Gasteiger charge is -2.19. The lowest BCUT2D eigenvalue weighted by atomic mass is 10.1. The van der Waals surface area contributed by atoms with Crippen molar-refractivity contribution in [2.75, 3.05) is 17.7 Å². The SMILES string of the molecule is CN(C(=O)c1ccc(F)cc1)c1ccc(N)cc1C(=O)O. The van der Waals surface area contributed by atoms with E-state index in [0.717, 1.165) is 0 Å².